The van der Waals surface area contributed by atoms with Gasteiger partial charge in [0.25, 0.3) is 5.56 Å². The maximum atomic E-state index is 14.2. The van der Waals surface area contributed by atoms with Gasteiger partial charge in [0.15, 0.2) is 11.9 Å². The van der Waals surface area contributed by atoms with E-state index in [4.69, 9.17) is 9.72 Å². The second-order valence-corrected chi connectivity index (χ2v) is 11.8. The van der Waals surface area contributed by atoms with E-state index in [-0.39, 0.29) is 59.3 Å². The maximum absolute atomic E-state index is 14.2. The van der Waals surface area contributed by atoms with Crippen LogP contribution in [0.1, 0.15) is 75.0 Å². The molecule has 1 unspecified atom stereocenters. The smallest absolute Gasteiger partial charge is 0.528 e. The number of hydrogen-bond donors (Lipinski definition) is 1. The second-order valence-electron chi connectivity index (χ2n) is 11.8. The normalized spacial score (nSPS) is 19.5. The predicted octanol–water partition coefficient (Wildman–Crippen LogP) is 2.63. The molecule has 0 bridgehead atoms. The van der Waals surface area contributed by atoms with Crippen molar-refractivity contribution in [3.8, 4) is 28.6 Å². The van der Waals surface area contributed by atoms with Gasteiger partial charge < -0.3 is 19.5 Å². The largest absolute Gasteiger partial charge is 1.00 e. The molecule has 2 aromatic heterocycles. The molecule has 0 radical (unpaired) electrons. The number of aliphatic hydroxyl groups is 1. The number of nitrogens with zero attached hydrogens (tertiary/aromatic N) is 4. The third kappa shape index (κ3) is 7.61. The Morgan fingerprint density at radius 3 is 2.39 bits per heavy atom. The summed E-state index contributed by atoms with van der Waals surface area (Å²) >= 11 is 0. The number of aliphatic hydroxyl groups excluding tert-OH is 1. The molecule has 9 nitrogen and oxygen atoms in total. The van der Waals surface area contributed by atoms with E-state index in [1.807, 2.05) is 61.5 Å². The molecule has 4 aromatic rings. The summed E-state index contributed by atoms with van der Waals surface area (Å²) in [6, 6.07) is 15.7. The molecule has 234 valence electrons. The van der Waals surface area contributed by atoms with Crippen LogP contribution in [0, 0.1) is 0 Å². The first-order chi connectivity index (χ1) is 21.9. The van der Waals surface area contributed by atoms with E-state index in [1.165, 1.54) is 0 Å². The van der Waals surface area contributed by atoms with Crippen LogP contribution in [0.4, 0.5) is 0 Å². The summed E-state index contributed by atoms with van der Waals surface area (Å²) < 4.78 is 12.8. The molecule has 1 atom stereocenters. The van der Waals surface area contributed by atoms with Crippen molar-refractivity contribution in [2.75, 3.05) is 0 Å². The number of benzene rings is 2. The zero-order valence-corrected chi connectivity index (χ0v) is 28.8. The molecule has 46 heavy (non-hydrogen) atoms. The van der Waals surface area contributed by atoms with Crippen molar-refractivity contribution in [3.05, 3.63) is 99.8 Å². The molecule has 0 spiro atoms. The van der Waals surface area contributed by atoms with Gasteiger partial charge in [0.1, 0.15) is 5.82 Å². The average molecular weight is 631 g/mol. The summed E-state index contributed by atoms with van der Waals surface area (Å²) in [4.78, 5) is 23.1. The SMILES string of the molecule is CCCc1nc(CC)n(C2=CCC(OC3CCC(O)CC3)C=C2)c(=O)c1Cc1ccc(-c2ccccc2-c2noc([O-])n2)cc1.[Na+]. The van der Waals surface area contributed by atoms with E-state index in [1.54, 1.807) is 4.57 Å². The first kappa shape index (κ1) is 34.0. The summed E-state index contributed by atoms with van der Waals surface area (Å²) in [5.41, 5.74) is 5.92. The fraction of sp³-hybridized carbons (Fsp3) is 0.389. The van der Waals surface area contributed by atoms with E-state index < -0.39 is 6.08 Å². The zero-order valence-electron chi connectivity index (χ0n) is 26.8. The summed E-state index contributed by atoms with van der Waals surface area (Å²) in [7, 11) is 0. The second kappa shape index (κ2) is 15.5. The third-order valence-corrected chi connectivity index (χ3v) is 8.67. The van der Waals surface area contributed by atoms with Crippen molar-refractivity contribution < 1.29 is 49.0 Å². The molecule has 6 rings (SSSR count). The van der Waals surface area contributed by atoms with E-state index >= 15 is 0 Å². The minimum atomic E-state index is -0.722. The fourth-order valence-corrected chi connectivity index (χ4v) is 6.31. The number of aryl methyl sites for hydroxylation is 2. The number of rotatable bonds is 10. The predicted molar refractivity (Wildman–Crippen MR) is 170 cm³/mol. The van der Waals surface area contributed by atoms with Gasteiger partial charge in [-0.3, -0.25) is 9.36 Å². The van der Waals surface area contributed by atoms with E-state index in [0.717, 1.165) is 72.4 Å². The Hall–Kier alpha value is -3.34. The molecular weight excluding hydrogens is 591 g/mol. The van der Waals surface area contributed by atoms with Crippen LogP contribution in [0.2, 0.25) is 0 Å². The van der Waals surface area contributed by atoms with Crippen molar-refractivity contribution in [1.29, 1.82) is 0 Å². The van der Waals surface area contributed by atoms with Crippen LogP contribution in [-0.2, 0) is 24.0 Å². The summed E-state index contributed by atoms with van der Waals surface area (Å²) in [5.74, 6) is 1.02. The van der Waals surface area contributed by atoms with Gasteiger partial charge >= 0.3 is 29.6 Å². The molecule has 2 aliphatic rings. The van der Waals surface area contributed by atoms with Crippen LogP contribution in [0.5, 0.6) is 6.08 Å². The van der Waals surface area contributed by atoms with Gasteiger partial charge in [-0.05, 0) is 61.3 Å². The van der Waals surface area contributed by atoms with Crippen molar-refractivity contribution in [2.24, 2.45) is 0 Å². The van der Waals surface area contributed by atoms with Gasteiger partial charge in [0, 0.05) is 29.7 Å². The van der Waals surface area contributed by atoms with E-state index in [2.05, 4.69) is 33.7 Å². The minimum Gasteiger partial charge on any atom is -0.528 e. The molecule has 2 aliphatic carbocycles. The fourth-order valence-electron chi connectivity index (χ4n) is 6.31. The number of hydrogen-bond acceptors (Lipinski definition) is 8. The molecular formula is C36H39N4NaO5. The average Bonchev–Trinajstić information content (AvgIpc) is 3.50. The number of ether oxygens (including phenoxy) is 1. The summed E-state index contributed by atoms with van der Waals surface area (Å²) in [5, 5.41) is 25.1. The van der Waals surface area contributed by atoms with Gasteiger partial charge in [-0.1, -0.05) is 81.0 Å². The Bertz CT molecular complexity index is 1750. The van der Waals surface area contributed by atoms with Crippen LogP contribution in [0.25, 0.3) is 28.2 Å². The van der Waals surface area contributed by atoms with Gasteiger partial charge in [-0.25, -0.2) is 9.97 Å². The first-order valence-corrected chi connectivity index (χ1v) is 16.0. The monoisotopic (exact) mass is 630 g/mol. The number of aromatic nitrogens is 4. The molecule has 2 aromatic carbocycles. The van der Waals surface area contributed by atoms with Gasteiger partial charge in [0.2, 0.25) is 0 Å². The van der Waals surface area contributed by atoms with Crippen molar-refractivity contribution >= 4 is 5.70 Å². The first-order valence-electron chi connectivity index (χ1n) is 16.0. The quantitative estimate of drug-likeness (QED) is 0.265. The van der Waals surface area contributed by atoms with Crippen LogP contribution >= 0.6 is 0 Å². The van der Waals surface area contributed by atoms with Crippen molar-refractivity contribution in [2.45, 2.75) is 89.9 Å². The topological polar surface area (TPSA) is 126 Å². The molecule has 0 amide bonds. The van der Waals surface area contributed by atoms with Crippen molar-refractivity contribution in [1.82, 2.24) is 19.7 Å². The molecule has 2 heterocycles. The van der Waals surface area contributed by atoms with Gasteiger partial charge in [0.05, 0.1) is 24.0 Å². The van der Waals surface area contributed by atoms with Crippen LogP contribution in [-0.4, -0.2) is 43.1 Å². The van der Waals surface area contributed by atoms with E-state index in [9.17, 15) is 15.0 Å². The Morgan fingerprint density at radius 1 is 1.02 bits per heavy atom. The molecule has 1 fully saturated rings. The van der Waals surface area contributed by atoms with Gasteiger partial charge in [-0.2, -0.15) is 5.16 Å². The molecule has 1 N–H and O–H groups in total. The van der Waals surface area contributed by atoms with Crippen molar-refractivity contribution in [3.63, 3.8) is 0 Å². The standard InChI is InChI=1S/C36H40N4O5.Na/c1-3-7-32-31(22-23-10-12-24(13-11-23)29-8-5-6-9-30(29)34-38-36(43)45-39-34)35(42)40(33(4-2)37-32)25-14-18-27(19-15-25)44-28-20-16-26(41)17-21-28;/h5-6,8-15,18,26-28,41H,3-4,7,16-17,19-22H2,1-2H3,(H,38,39,43);/q;+1/p-1. The molecule has 0 aliphatic heterocycles. The molecule has 1 saturated carbocycles. The summed E-state index contributed by atoms with van der Waals surface area (Å²) in [6.45, 7) is 4.14. The Morgan fingerprint density at radius 2 is 1.76 bits per heavy atom. The summed E-state index contributed by atoms with van der Waals surface area (Å²) in [6.07, 6.45) is 12.1. The molecule has 10 heteroatoms. The van der Waals surface area contributed by atoms with E-state index in [0.29, 0.717) is 30.4 Å². The number of allylic oxidation sites excluding steroid dienone is 2. The zero-order chi connectivity index (χ0) is 31.3. The van der Waals surface area contributed by atoms with Crippen LogP contribution in [0.3, 0.4) is 0 Å². The van der Waals surface area contributed by atoms with Crippen LogP contribution < -0.4 is 40.2 Å². The molecule has 0 saturated heterocycles. The van der Waals surface area contributed by atoms with Gasteiger partial charge in [-0.15, -0.1) is 0 Å². The Kier molecular flexibility index (Phi) is 11.5. The third-order valence-electron chi connectivity index (χ3n) is 8.67. The van der Waals surface area contributed by atoms with Crippen LogP contribution in [0.15, 0.2) is 76.1 Å². The minimum absolute atomic E-state index is 0. The Labute approximate surface area is 291 Å². The Balaban J connectivity index is 0.00000417. The maximum Gasteiger partial charge on any atom is 1.00 e.